The van der Waals surface area contributed by atoms with Crippen LogP contribution in [-0.2, 0) is 4.79 Å². The number of carbonyl (C=O) groups is 1. The predicted molar refractivity (Wildman–Crippen MR) is 70.8 cm³/mol. The summed E-state index contributed by atoms with van der Waals surface area (Å²) in [6, 6.07) is 7.78. The Labute approximate surface area is 109 Å². The number of halogens is 1. The van der Waals surface area contributed by atoms with Gasteiger partial charge in [0.05, 0.1) is 5.57 Å². The molecule has 0 saturated carbocycles. The molecule has 0 aromatic heterocycles. The molecule has 1 aliphatic heterocycles. The van der Waals surface area contributed by atoms with E-state index < -0.39 is 5.97 Å². The summed E-state index contributed by atoms with van der Waals surface area (Å²) in [5.74, 6) is -0.817. The van der Waals surface area contributed by atoms with Crippen molar-refractivity contribution >= 4 is 27.5 Å². The Balaban J connectivity index is 2.51. The number of carboxylic acids is 1. The first-order chi connectivity index (χ1) is 8.09. The molecule has 0 bridgehead atoms. The number of carboxylic acid groups (broad SMARTS) is 1. The number of nitrogens with zero attached hydrogens (tertiary/aromatic N) is 1. The van der Waals surface area contributed by atoms with Gasteiger partial charge in [0.1, 0.15) is 0 Å². The van der Waals surface area contributed by atoms with E-state index in [1.807, 2.05) is 36.2 Å². The second-order valence-corrected chi connectivity index (χ2v) is 5.08. The van der Waals surface area contributed by atoms with E-state index in [-0.39, 0.29) is 0 Å². The second kappa shape index (κ2) is 5.02. The normalized spacial score (nSPS) is 17.3. The standard InChI is InChI=1S/C13H14BrNO2/c1-15-7-6-9(11(8-15)13(16)17)10-4-2-3-5-12(10)14/h2-5H,6-8H2,1H3,(H,16,17). The van der Waals surface area contributed by atoms with E-state index in [0.717, 1.165) is 28.6 Å². The van der Waals surface area contributed by atoms with E-state index in [1.165, 1.54) is 0 Å². The number of hydrogen-bond donors (Lipinski definition) is 1. The Morgan fingerprint density at radius 1 is 1.41 bits per heavy atom. The van der Waals surface area contributed by atoms with Crippen LogP contribution >= 0.6 is 15.9 Å². The average Bonchev–Trinajstić information content (AvgIpc) is 2.30. The topological polar surface area (TPSA) is 40.5 Å². The summed E-state index contributed by atoms with van der Waals surface area (Å²) in [4.78, 5) is 13.3. The van der Waals surface area contributed by atoms with E-state index in [4.69, 9.17) is 0 Å². The summed E-state index contributed by atoms with van der Waals surface area (Å²) in [6.07, 6.45) is 0.779. The van der Waals surface area contributed by atoms with Crippen LogP contribution in [-0.4, -0.2) is 36.1 Å². The van der Waals surface area contributed by atoms with Gasteiger partial charge in [-0.05, 0) is 30.7 Å². The minimum Gasteiger partial charge on any atom is -0.478 e. The summed E-state index contributed by atoms with van der Waals surface area (Å²) in [5, 5.41) is 9.28. The van der Waals surface area contributed by atoms with Gasteiger partial charge < -0.3 is 10.0 Å². The maximum Gasteiger partial charge on any atom is 0.333 e. The van der Waals surface area contributed by atoms with Crippen LogP contribution in [0, 0.1) is 0 Å². The fourth-order valence-corrected chi connectivity index (χ4v) is 2.62. The van der Waals surface area contributed by atoms with Crippen LogP contribution < -0.4 is 0 Å². The van der Waals surface area contributed by atoms with Crippen LogP contribution in [0.3, 0.4) is 0 Å². The van der Waals surface area contributed by atoms with Gasteiger partial charge in [-0.1, -0.05) is 34.1 Å². The molecule has 0 radical (unpaired) electrons. The molecule has 0 spiro atoms. The first-order valence-electron chi connectivity index (χ1n) is 5.48. The zero-order valence-electron chi connectivity index (χ0n) is 9.61. The zero-order valence-corrected chi connectivity index (χ0v) is 11.2. The molecular weight excluding hydrogens is 282 g/mol. The van der Waals surface area contributed by atoms with Crippen LogP contribution in [0.2, 0.25) is 0 Å². The highest BCUT2D eigenvalue weighted by Gasteiger charge is 2.23. The molecule has 0 fully saturated rings. The monoisotopic (exact) mass is 295 g/mol. The molecule has 0 amide bonds. The van der Waals surface area contributed by atoms with Crippen LogP contribution in [0.1, 0.15) is 12.0 Å². The number of likely N-dealkylation sites (N-methyl/N-ethyl adjacent to an activating group) is 1. The molecule has 1 aromatic rings. The van der Waals surface area contributed by atoms with Gasteiger partial charge in [0.15, 0.2) is 0 Å². The van der Waals surface area contributed by atoms with Crippen LogP contribution in [0.4, 0.5) is 0 Å². The summed E-state index contributed by atoms with van der Waals surface area (Å²) in [5.41, 5.74) is 2.45. The lowest BCUT2D eigenvalue weighted by Gasteiger charge is -2.26. The Bertz CT molecular complexity index is 482. The van der Waals surface area contributed by atoms with E-state index >= 15 is 0 Å². The van der Waals surface area contributed by atoms with Crippen molar-refractivity contribution in [3.05, 3.63) is 39.9 Å². The summed E-state index contributed by atoms with van der Waals surface area (Å²) < 4.78 is 0.957. The molecule has 1 N–H and O–H groups in total. The number of benzene rings is 1. The van der Waals surface area contributed by atoms with Crippen molar-refractivity contribution in [2.24, 2.45) is 0 Å². The first kappa shape index (κ1) is 12.3. The van der Waals surface area contributed by atoms with Crippen LogP contribution in [0.25, 0.3) is 5.57 Å². The van der Waals surface area contributed by atoms with Gasteiger partial charge in [0, 0.05) is 17.6 Å². The van der Waals surface area contributed by atoms with Crippen LogP contribution in [0.5, 0.6) is 0 Å². The number of rotatable bonds is 2. The minimum atomic E-state index is -0.817. The molecule has 17 heavy (non-hydrogen) atoms. The van der Waals surface area contributed by atoms with Crippen molar-refractivity contribution in [1.29, 1.82) is 0 Å². The van der Waals surface area contributed by atoms with Crippen molar-refractivity contribution in [2.45, 2.75) is 6.42 Å². The van der Waals surface area contributed by atoms with Gasteiger partial charge in [0.2, 0.25) is 0 Å². The fourth-order valence-electron chi connectivity index (χ4n) is 2.10. The minimum absolute atomic E-state index is 0.505. The van der Waals surface area contributed by atoms with Gasteiger partial charge >= 0.3 is 5.97 Å². The van der Waals surface area contributed by atoms with Crippen molar-refractivity contribution in [3.63, 3.8) is 0 Å². The molecule has 1 aromatic carbocycles. The second-order valence-electron chi connectivity index (χ2n) is 4.23. The summed E-state index contributed by atoms with van der Waals surface area (Å²) in [7, 11) is 1.94. The third-order valence-corrected chi connectivity index (χ3v) is 3.68. The molecule has 0 unspecified atom stereocenters. The Kier molecular flexibility index (Phi) is 3.64. The highest BCUT2D eigenvalue weighted by Crippen LogP contribution is 2.31. The van der Waals surface area contributed by atoms with E-state index in [9.17, 15) is 9.90 Å². The zero-order chi connectivity index (χ0) is 12.4. The third-order valence-electron chi connectivity index (χ3n) is 2.99. The third kappa shape index (κ3) is 2.58. The highest BCUT2D eigenvalue weighted by atomic mass is 79.9. The quantitative estimate of drug-likeness (QED) is 0.912. The van der Waals surface area contributed by atoms with E-state index in [1.54, 1.807) is 0 Å². The lowest BCUT2D eigenvalue weighted by Crippen LogP contribution is -2.30. The lowest BCUT2D eigenvalue weighted by molar-refractivity contribution is -0.132. The van der Waals surface area contributed by atoms with Gasteiger partial charge in [-0.2, -0.15) is 0 Å². The van der Waals surface area contributed by atoms with Crippen molar-refractivity contribution < 1.29 is 9.90 Å². The Morgan fingerprint density at radius 3 is 2.76 bits per heavy atom. The average molecular weight is 296 g/mol. The van der Waals surface area contributed by atoms with Crippen molar-refractivity contribution in [2.75, 3.05) is 20.1 Å². The van der Waals surface area contributed by atoms with Gasteiger partial charge in [-0.25, -0.2) is 4.79 Å². The van der Waals surface area contributed by atoms with E-state index in [2.05, 4.69) is 15.9 Å². The van der Waals surface area contributed by atoms with Crippen molar-refractivity contribution in [3.8, 4) is 0 Å². The fraction of sp³-hybridized carbons (Fsp3) is 0.308. The highest BCUT2D eigenvalue weighted by molar-refractivity contribution is 9.10. The van der Waals surface area contributed by atoms with E-state index in [0.29, 0.717) is 12.1 Å². The molecular formula is C13H14BrNO2. The Morgan fingerprint density at radius 2 is 2.12 bits per heavy atom. The smallest absolute Gasteiger partial charge is 0.333 e. The largest absolute Gasteiger partial charge is 0.478 e. The summed E-state index contributed by atoms with van der Waals surface area (Å²) in [6.45, 7) is 1.40. The molecule has 0 atom stereocenters. The van der Waals surface area contributed by atoms with Gasteiger partial charge in [-0.15, -0.1) is 0 Å². The predicted octanol–water partition coefficient (Wildman–Crippen LogP) is 2.62. The molecule has 1 heterocycles. The SMILES string of the molecule is CN1CCC(c2ccccc2Br)=C(C(=O)O)C1. The first-order valence-corrected chi connectivity index (χ1v) is 6.27. The van der Waals surface area contributed by atoms with Crippen molar-refractivity contribution in [1.82, 2.24) is 4.90 Å². The molecule has 0 saturated heterocycles. The van der Waals surface area contributed by atoms with Gasteiger partial charge in [-0.3, -0.25) is 0 Å². The number of aliphatic carboxylic acids is 1. The molecule has 2 rings (SSSR count). The molecule has 3 nitrogen and oxygen atoms in total. The molecule has 4 heteroatoms. The van der Waals surface area contributed by atoms with Gasteiger partial charge in [0.25, 0.3) is 0 Å². The lowest BCUT2D eigenvalue weighted by atomic mass is 9.93. The van der Waals surface area contributed by atoms with Crippen LogP contribution in [0.15, 0.2) is 34.3 Å². The molecule has 1 aliphatic rings. The maximum atomic E-state index is 11.3. The molecule has 90 valence electrons. The maximum absolute atomic E-state index is 11.3. The summed E-state index contributed by atoms with van der Waals surface area (Å²) >= 11 is 3.48. The Hall–Kier alpha value is -1.13. The number of hydrogen-bond acceptors (Lipinski definition) is 2. The molecule has 0 aliphatic carbocycles.